The molecule has 1 aliphatic carbocycles. The summed E-state index contributed by atoms with van der Waals surface area (Å²) in [6.45, 7) is 0. The molecule has 1 aromatic heterocycles. The summed E-state index contributed by atoms with van der Waals surface area (Å²) in [4.78, 5) is 14.1. The van der Waals surface area contributed by atoms with E-state index >= 15 is 0 Å². The number of hydrogen-bond acceptors (Lipinski definition) is 2. The lowest BCUT2D eigenvalue weighted by Crippen LogP contribution is -2.18. The first-order chi connectivity index (χ1) is 6.31. The van der Waals surface area contributed by atoms with E-state index < -0.39 is 0 Å². The molecule has 0 bridgehead atoms. The van der Waals surface area contributed by atoms with Gasteiger partial charge in [0.15, 0.2) is 0 Å². The second-order valence-corrected chi connectivity index (χ2v) is 3.07. The third-order valence-corrected chi connectivity index (χ3v) is 2.32. The number of methoxy groups -OCH3 is 1. The fraction of sp³-hybridized carbons (Fsp3) is 0.300. The van der Waals surface area contributed by atoms with Gasteiger partial charge in [-0.1, -0.05) is 0 Å². The minimum atomic E-state index is 0.000139. The number of fused-ring (bicyclic) bond motifs is 1. The predicted octanol–water partition coefficient (Wildman–Crippen LogP) is 1.00. The van der Waals surface area contributed by atoms with E-state index in [0.717, 1.165) is 23.3 Å². The van der Waals surface area contributed by atoms with Gasteiger partial charge in [0.25, 0.3) is 5.56 Å². The lowest BCUT2D eigenvalue weighted by molar-refractivity contribution is 0.279. The maximum atomic E-state index is 11.4. The van der Waals surface area contributed by atoms with Crippen molar-refractivity contribution in [1.29, 1.82) is 0 Å². The molecule has 1 aromatic rings. The monoisotopic (exact) mass is 177 g/mol. The molecule has 0 radical (unpaired) electrons. The highest BCUT2D eigenvalue weighted by Crippen LogP contribution is 2.17. The number of allylic oxidation sites excluding steroid dienone is 2. The normalized spacial score (nSPS) is 14.7. The van der Waals surface area contributed by atoms with Crippen LogP contribution in [0.5, 0.6) is 0 Å². The molecule has 3 heteroatoms. The van der Waals surface area contributed by atoms with Crippen LogP contribution in [0.15, 0.2) is 28.9 Å². The molecular formula is C10H11NO2. The molecule has 0 fully saturated rings. The summed E-state index contributed by atoms with van der Waals surface area (Å²) < 4.78 is 5.11. The van der Waals surface area contributed by atoms with Crippen LogP contribution >= 0.6 is 0 Å². The van der Waals surface area contributed by atoms with Crippen molar-refractivity contribution in [2.45, 2.75) is 12.8 Å². The number of rotatable bonds is 1. The Labute approximate surface area is 76.1 Å². The summed E-state index contributed by atoms with van der Waals surface area (Å²) in [5.74, 6) is 0.879. The van der Waals surface area contributed by atoms with Crippen LogP contribution in [0.4, 0.5) is 0 Å². The van der Waals surface area contributed by atoms with Crippen molar-refractivity contribution in [3.8, 4) is 0 Å². The zero-order valence-electron chi connectivity index (χ0n) is 7.46. The Morgan fingerprint density at radius 2 is 2.38 bits per heavy atom. The SMILES string of the molecule is COC1=CCc2cc[nH]c(=O)c2C1. The highest BCUT2D eigenvalue weighted by molar-refractivity contribution is 5.32. The van der Waals surface area contributed by atoms with Gasteiger partial charge in [-0.15, -0.1) is 0 Å². The van der Waals surface area contributed by atoms with Gasteiger partial charge in [-0.3, -0.25) is 4.79 Å². The molecule has 0 amide bonds. The first kappa shape index (κ1) is 8.10. The molecule has 13 heavy (non-hydrogen) atoms. The van der Waals surface area contributed by atoms with Gasteiger partial charge in [-0.25, -0.2) is 0 Å². The Balaban J connectivity index is 2.45. The van der Waals surface area contributed by atoms with Crippen LogP contribution in [0.3, 0.4) is 0 Å². The molecule has 0 aliphatic heterocycles. The summed E-state index contributed by atoms with van der Waals surface area (Å²) >= 11 is 0. The van der Waals surface area contributed by atoms with Crippen molar-refractivity contribution in [2.24, 2.45) is 0 Å². The zero-order valence-corrected chi connectivity index (χ0v) is 7.46. The van der Waals surface area contributed by atoms with E-state index in [2.05, 4.69) is 4.98 Å². The lowest BCUT2D eigenvalue weighted by Gasteiger charge is -2.14. The molecule has 0 saturated heterocycles. The summed E-state index contributed by atoms with van der Waals surface area (Å²) in [5.41, 5.74) is 1.94. The van der Waals surface area contributed by atoms with Crippen molar-refractivity contribution >= 4 is 0 Å². The van der Waals surface area contributed by atoms with Crippen LogP contribution in [-0.2, 0) is 17.6 Å². The number of ether oxygens (including phenoxy) is 1. The van der Waals surface area contributed by atoms with Crippen molar-refractivity contribution in [3.05, 3.63) is 45.6 Å². The predicted molar refractivity (Wildman–Crippen MR) is 49.6 cm³/mol. The number of H-pyrrole nitrogens is 1. The molecular weight excluding hydrogens is 166 g/mol. The van der Waals surface area contributed by atoms with Crippen LogP contribution in [0.2, 0.25) is 0 Å². The highest BCUT2D eigenvalue weighted by atomic mass is 16.5. The fourth-order valence-corrected chi connectivity index (χ4v) is 1.56. The van der Waals surface area contributed by atoms with Gasteiger partial charge >= 0.3 is 0 Å². The number of aromatic nitrogens is 1. The first-order valence-electron chi connectivity index (χ1n) is 4.23. The van der Waals surface area contributed by atoms with Crippen molar-refractivity contribution < 1.29 is 4.74 Å². The number of pyridine rings is 1. The van der Waals surface area contributed by atoms with Crippen molar-refractivity contribution in [1.82, 2.24) is 4.98 Å². The molecule has 1 aliphatic rings. The zero-order chi connectivity index (χ0) is 9.26. The standard InChI is InChI=1S/C10H11NO2/c1-13-8-3-2-7-4-5-11-10(12)9(7)6-8/h3-5H,2,6H2,1H3,(H,11,12). The smallest absolute Gasteiger partial charge is 0.251 e. The van der Waals surface area contributed by atoms with Gasteiger partial charge in [-0.05, 0) is 24.1 Å². The van der Waals surface area contributed by atoms with E-state index in [0.29, 0.717) is 6.42 Å². The van der Waals surface area contributed by atoms with Gasteiger partial charge in [-0.2, -0.15) is 0 Å². The van der Waals surface area contributed by atoms with Gasteiger partial charge in [0, 0.05) is 18.2 Å². The largest absolute Gasteiger partial charge is 0.501 e. The third-order valence-electron chi connectivity index (χ3n) is 2.32. The number of hydrogen-bond donors (Lipinski definition) is 1. The summed E-state index contributed by atoms with van der Waals surface area (Å²) in [7, 11) is 1.63. The third kappa shape index (κ3) is 1.37. The summed E-state index contributed by atoms with van der Waals surface area (Å²) in [6.07, 6.45) is 5.11. The molecule has 68 valence electrons. The maximum absolute atomic E-state index is 11.4. The van der Waals surface area contributed by atoms with Crippen molar-refractivity contribution in [3.63, 3.8) is 0 Å². The van der Waals surface area contributed by atoms with E-state index in [-0.39, 0.29) is 5.56 Å². The molecule has 0 atom stereocenters. The summed E-state index contributed by atoms with van der Waals surface area (Å²) in [5, 5.41) is 0. The Hall–Kier alpha value is -1.51. The minimum Gasteiger partial charge on any atom is -0.501 e. The van der Waals surface area contributed by atoms with Crippen LogP contribution in [-0.4, -0.2) is 12.1 Å². The topological polar surface area (TPSA) is 42.1 Å². The second-order valence-electron chi connectivity index (χ2n) is 3.07. The van der Waals surface area contributed by atoms with Crippen LogP contribution in [0, 0.1) is 0 Å². The average Bonchev–Trinajstić information content (AvgIpc) is 2.18. The average molecular weight is 177 g/mol. The van der Waals surface area contributed by atoms with E-state index in [9.17, 15) is 4.79 Å². The van der Waals surface area contributed by atoms with Crippen molar-refractivity contribution in [2.75, 3.05) is 7.11 Å². The van der Waals surface area contributed by atoms with E-state index in [1.54, 1.807) is 13.3 Å². The fourth-order valence-electron chi connectivity index (χ4n) is 1.56. The van der Waals surface area contributed by atoms with Gasteiger partial charge in [0.1, 0.15) is 0 Å². The molecule has 0 unspecified atom stereocenters. The molecule has 1 heterocycles. The molecule has 2 rings (SSSR count). The Morgan fingerprint density at radius 1 is 1.54 bits per heavy atom. The minimum absolute atomic E-state index is 0.000139. The second kappa shape index (κ2) is 3.09. The molecule has 1 N–H and O–H groups in total. The Kier molecular flexibility index (Phi) is 1.93. The van der Waals surface area contributed by atoms with Crippen LogP contribution in [0.25, 0.3) is 0 Å². The van der Waals surface area contributed by atoms with E-state index in [1.165, 1.54) is 0 Å². The Bertz CT molecular complexity index is 404. The number of nitrogens with one attached hydrogen (secondary N) is 1. The maximum Gasteiger partial charge on any atom is 0.251 e. The lowest BCUT2D eigenvalue weighted by atomic mass is 9.98. The van der Waals surface area contributed by atoms with Gasteiger partial charge in [0.05, 0.1) is 12.9 Å². The quantitative estimate of drug-likeness (QED) is 0.695. The van der Waals surface area contributed by atoms with Crippen LogP contribution < -0.4 is 5.56 Å². The molecule has 3 nitrogen and oxygen atoms in total. The molecule has 0 aromatic carbocycles. The number of aromatic amines is 1. The van der Waals surface area contributed by atoms with Gasteiger partial charge in [0.2, 0.25) is 0 Å². The highest BCUT2D eigenvalue weighted by Gasteiger charge is 2.13. The molecule has 0 saturated carbocycles. The van der Waals surface area contributed by atoms with E-state index in [1.807, 2.05) is 12.1 Å². The van der Waals surface area contributed by atoms with E-state index in [4.69, 9.17) is 4.74 Å². The van der Waals surface area contributed by atoms with Crippen LogP contribution in [0.1, 0.15) is 11.1 Å². The first-order valence-corrected chi connectivity index (χ1v) is 4.23. The summed E-state index contributed by atoms with van der Waals surface area (Å²) in [6, 6.07) is 1.94. The molecule has 0 spiro atoms. The van der Waals surface area contributed by atoms with Gasteiger partial charge < -0.3 is 9.72 Å². The Morgan fingerprint density at radius 3 is 3.15 bits per heavy atom.